The van der Waals surface area contributed by atoms with Gasteiger partial charge in [0.2, 0.25) is 0 Å². The second-order valence-electron chi connectivity index (χ2n) is 3.50. The highest BCUT2D eigenvalue weighted by atomic mass is 19.1. The summed E-state index contributed by atoms with van der Waals surface area (Å²) in [7, 11) is 0. The number of hydrogen-bond acceptors (Lipinski definition) is 2. The molecule has 0 spiro atoms. The van der Waals surface area contributed by atoms with Crippen molar-refractivity contribution in [3.63, 3.8) is 0 Å². The lowest BCUT2D eigenvalue weighted by Crippen LogP contribution is -1.93. The van der Waals surface area contributed by atoms with Crippen molar-refractivity contribution in [2.45, 2.75) is 6.42 Å². The van der Waals surface area contributed by atoms with E-state index in [0.29, 0.717) is 12.0 Å². The molecule has 0 saturated heterocycles. The number of carbonyl (C=O) groups is 1. The first kappa shape index (κ1) is 10.5. The average Bonchev–Trinajstić information content (AvgIpc) is 2.33. The molecule has 1 heterocycles. The molecule has 0 radical (unpaired) electrons. The Morgan fingerprint density at radius 2 is 1.88 bits per heavy atom. The van der Waals surface area contributed by atoms with Gasteiger partial charge in [0.25, 0.3) is 0 Å². The fraction of sp³-hybridized carbons (Fsp3) is 0.0769. The summed E-state index contributed by atoms with van der Waals surface area (Å²) in [5, 5.41) is 0. The zero-order chi connectivity index (χ0) is 11.4. The molecule has 0 bridgehead atoms. The van der Waals surface area contributed by atoms with Crippen LogP contribution in [0.5, 0.6) is 0 Å². The summed E-state index contributed by atoms with van der Waals surface area (Å²) in [6, 6.07) is 9.82. The number of aldehydes is 1. The molecule has 0 aliphatic rings. The van der Waals surface area contributed by atoms with E-state index in [-0.39, 0.29) is 5.82 Å². The van der Waals surface area contributed by atoms with E-state index in [2.05, 4.69) is 4.98 Å². The Labute approximate surface area is 92.8 Å². The third-order valence-corrected chi connectivity index (χ3v) is 2.28. The predicted molar refractivity (Wildman–Crippen MR) is 58.8 cm³/mol. The minimum absolute atomic E-state index is 0.243. The summed E-state index contributed by atoms with van der Waals surface area (Å²) >= 11 is 0. The molecule has 3 heteroatoms. The van der Waals surface area contributed by atoms with E-state index in [1.54, 1.807) is 24.3 Å². The number of aromatic nitrogens is 1. The lowest BCUT2D eigenvalue weighted by atomic mass is 10.1. The molecule has 2 nitrogen and oxygen atoms in total. The SMILES string of the molecule is O=Cc1ccc(Cc2ccc(F)cc2)nc1. The van der Waals surface area contributed by atoms with E-state index in [1.807, 2.05) is 0 Å². The number of hydrogen-bond donors (Lipinski definition) is 0. The van der Waals surface area contributed by atoms with Crippen LogP contribution in [0.3, 0.4) is 0 Å². The Bertz CT molecular complexity index is 476. The fourth-order valence-corrected chi connectivity index (χ4v) is 1.42. The van der Waals surface area contributed by atoms with Crippen LogP contribution in [0.2, 0.25) is 0 Å². The highest BCUT2D eigenvalue weighted by Crippen LogP contribution is 2.08. The molecular weight excluding hydrogens is 205 g/mol. The first-order valence-corrected chi connectivity index (χ1v) is 4.92. The largest absolute Gasteiger partial charge is 0.298 e. The Morgan fingerprint density at radius 3 is 2.44 bits per heavy atom. The van der Waals surface area contributed by atoms with Gasteiger partial charge in [-0.15, -0.1) is 0 Å². The Kier molecular flexibility index (Phi) is 3.05. The fourth-order valence-electron chi connectivity index (χ4n) is 1.42. The smallest absolute Gasteiger partial charge is 0.151 e. The van der Waals surface area contributed by atoms with Gasteiger partial charge in [-0.05, 0) is 29.8 Å². The van der Waals surface area contributed by atoms with E-state index in [4.69, 9.17) is 0 Å². The Balaban J connectivity index is 2.14. The van der Waals surface area contributed by atoms with Crippen molar-refractivity contribution in [2.24, 2.45) is 0 Å². The molecule has 0 aliphatic carbocycles. The minimum Gasteiger partial charge on any atom is -0.298 e. The molecular formula is C13H10FNO. The van der Waals surface area contributed by atoms with E-state index in [0.717, 1.165) is 17.5 Å². The molecule has 0 atom stereocenters. The molecule has 2 aromatic rings. The van der Waals surface area contributed by atoms with Crippen molar-refractivity contribution < 1.29 is 9.18 Å². The monoisotopic (exact) mass is 215 g/mol. The molecule has 0 saturated carbocycles. The maximum Gasteiger partial charge on any atom is 0.151 e. The molecule has 0 unspecified atom stereocenters. The predicted octanol–water partition coefficient (Wildman–Crippen LogP) is 2.62. The quantitative estimate of drug-likeness (QED) is 0.737. The summed E-state index contributed by atoms with van der Waals surface area (Å²) in [6.45, 7) is 0. The van der Waals surface area contributed by atoms with Gasteiger partial charge in [0.1, 0.15) is 5.82 Å². The van der Waals surface area contributed by atoms with Gasteiger partial charge >= 0.3 is 0 Å². The number of rotatable bonds is 3. The van der Waals surface area contributed by atoms with Crippen molar-refractivity contribution in [3.05, 3.63) is 65.2 Å². The van der Waals surface area contributed by atoms with E-state index < -0.39 is 0 Å². The van der Waals surface area contributed by atoms with Crippen LogP contribution in [0, 0.1) is 5.82 Å². The van der Waals surface area contributed by atoms with Crippen molar-refractivity contribution in [1.82, 2.24) is 4.98 Å². The van der Waals surface area contributed by atoms with Crippen LogP contribution in [0.25, 0.3) is 0 Å². The van der Waals surface area contributed by atoms with E-state index in [1.165, 1.54) is 18.3 Å². The topological polar surface area (TPSA) is 30.0 Å². The Hall–Kier alpha value is -2.03. The van der Waals surface area contributed by atoms with Gasteiger partial charge in [0, 0.05) is 23.9 Å². The third-order valence-electron chi connectivity index (χ3n) is 2.28. The van der Waals surface area contributed by atoms with Gasteiger partial charge in [-0.1, -0.05) is 12.1 Å². The minimum atomic E-state index is -0.243. The lowest BCUT2D eigenvalue weighted by Gasteiger charge is -2.01. The number of carbonyl (C=O) groups excluding carboxylic acids is 1. The van der Waals surface area contributed by atoms with Crippen LogP contribution in [-0.2, 0) is 6.42 Å². The Morgan fingerprint density at radius 1 is 1.12 bits per heavy atom. The molecule has 1 aromatic carbocycles. The van der Waals surface area contributed by atoms with Crippen molar-refractivity contribution in [3.8, 4) is 0 Å². The third kappa shape index (κ3) is 2.51. The van der Waals surface area contributed by atoms with Crippen molar-refractivity contribution >= 4 is 6.29 Å². The normalized spacial score (nSPS) is 10.1. The first-order valence-electron chi connectivity index (χ1n) is 4.92. The molecule has 16 heavy (non-hydrogen) atoms. The molecule has 0 fully saturated rings. The average molecular weight is 215 g/mol. The summed E-state index contributed by atoms with van der Waals surface area (Å²) in [5.74, 6) is -0.243. The van der Waals surface area contributed by atoms with Crippen molar-refractivity contribution in [2.75, 3.05) is 0 Å². The van der Waals surface area contributed by atoms with E-state index >= 15 is 0 Å². The molecule has 2 rings (SSSR count). The van der Waals surface area contributed by atoms with Gasteiger partial charge in [0.05, 0.1) is 0 Å². The van der Waals surface area contributed by atoms with Gasteiger partial charge in [-0.2, -0.15) is 0 Å². The van der Waals surface area contributed by atoms with Crippen LogP contribution in [-0.4, -0.2) is 11.3 Å². The van der Waals surface area contributed by atoms with Crippen molar-refractivity contribution in [1.29, 1.82) is 0 Å². The maximum absolute atomic E-state index is 12.7. The lowest BCUT2D eigenvalue weighted by molar-refractivity contribution is 0.112. The zero-order valence-electron chi connectivity index (χ0n) is 8.56. The number of nitrogens with zero attached hydrogens (tertiary/aromatic N) is 1. The summed E-state index contributed by atoms with van der Waals surface area (Å²) in [4.78, 5) is 14.6. The number of benzene rings is 1. The summed E-state index contributed by atoms with van der Waals surface area (Å²) in [5.41, 5.74) is 2.41. The van der Waals surface area contributed by atoms with Crippen LogP contribution >= 0.6 is 0 Å². The zero-order valence-corrected chi connectivity index (χ0v) is 8.56. The number of pyridine rings is 1. The summed E-state index contributed by atoms with van der Waals surface area (Å²) in [6.07, 6.45) is 2.93. The molecule has 0 aliphatic heterocycles. The van der Waals surface area contributed by atoms with Gasteiger partial charge in [-0.3, -0.25) is 9.78 Å². The van der Waals surface area contributed by atoms with Crippen LogP contribution < -0.4 is 0 Å². The molecule has 80 valence electrons. The van der Waals surface area contributed by atoms with Crippen LogP contribution in [0.15, 0.2) is 42.6 Å². The van der Waals surface area contributed by atoms with Gasteiger partial charge < -0.3 is 0 Å². The molecule has 0 N–H and O–H groups in total. The highest BCUT2D eigenvalue weighted by Gasteiger charge is 1.98. The number of halogens is 1. The van der Waals surface area contributed by atoms with Crippen LogP contribution in [0.4, 0.5) is 4.39 Å². The van der Waals surface area contributed by atoms with Gasteiger partial charge in [0.15, 0.2) is 6.29 Å². The maximum atomic E-state index is 12.7. The first-order chi connectivity index (χ1) is 7.78. The highest BCUT2D eigenvalue weighted by molar-refractivity contribution is 5.73. The molecule has 1 aromatic heterocycles. The second kappa shape index (κ2) is 4.66. The van der Waals surface area contributed by atoms with Crippen LogP contribution in [0.1, 0.15) is 21.6 Å². The van der Waals surface area contributed by atoms with Gasteiger partial charge in [-0.25, -0.2) is 4.39 Å². The van der Waals surface area contributed by atoms with E-state index in [9.17, 15) is 9.18 Å². The second-order valence-corrected chi connectivity index (χ2v) is 3.50. The summed E-state index contributed by atoms with van der Waals surface area (Å²) < 4.78 is 12.7. The standard InChI is InChI=1S/C13H10FNO/c14-12-4-1-10(2-5-12)7-13-6-3-11(9-16)8-15-13/h1-6,8-9H,7H2. The molecule has 0 amide bonds.